The third-order valence-corrected chi connectivity index (χ3v) is 7.51. The topological polar surface area (TPSA) is 117 Å². The smallest absolute Gasteiger partial charge is 0.265 e. The van der Waals surface area contributed by atoms with E-state index >= 15 is 0 Å². The Balaban J connectivity index is 1.29. The SMILES string of the molecule is N#Cc1nc2n(c1C#N)C(=O)c1cc(Sc3ccc4c(c3)-c3nc5c(F)c(F)c(F)c(F)c5n3C4=O)ccc1-2. The molecular weight excluding hydrogens is 536 g/mol. The first kappa shape index (κ1) is 22.9. The summed E-state index contributed by atoms with van der Waals surface area (Å²) in [5.41, 5.74) is -0.834. The van der Waals surface area contributed by atoms with Crippen LogP contribution < -0.4 is 0 Å². The zero-order valence-corrected chi connectivity index (χ0v) is 19.7. The van der Waals surface area contributed by atoms with Crippen LogP contribution in [0.15, 0.2) is 46.2 Å². The molecule has 7 rings (SSSR count). The van der Waals surface area contributed by atoms with E-state index in [0.717, 1.165) is 4.57 Å². The molecule has 0 spiro atoms. The average Bonchev–Trinajstić information content (AvgIpc) is 3.65. The van der Waals surface area contributed by atoms with Crippen molar-refractivity contribution in [1.82, 2.24) is 19.1 Å². The number of hydrogen-bond donors (Lipinski definition) is 0. The minimum Gasteiger partial charge on any atom is -0.268 e. The highest BCUT2D eigenvalue weighted by Crippen LogP contribution is 2.42. The molecule has 0 fully saturated rings. The molecule has 39 heavy (non-hydrogen) atoms. The molecule has 0 aliphatic carbocycles. The standard InChI is InChI=1S/C26H6F4N6O2S/c27-17-18(28)20(30)22-21(19(17)29)34-24-13-5-9(2-4-12(13)25(37)36(22)24)39-10-1-3-11-14(6-10)26(38)35-16(8-32)15(7-31)33-23(11)35/h1-6H. The van der Waals surface area contributed by atoms with Crippen molar-refractivity contribution in [3.63, 3.8) is 0 Å². The molecule has 0 saturated carbocycles. The highest BCUT2D eigenvalue weighted by atomic mass is 32.2. The van der Waals surface area contributed by atoms with Gasteiger partial charge >= 0.3 is 0 Å². The van der Waals surface area contributed by atoms with Gasteiger partial charge in [-0.05, 0) is 36.4 Å². The van der Waals surface area contributed by atoms with Gasteiger partial charge in [-0.1, -0.05) is 11.8 Å². The van der Waals surface area contributed by atoms with Crippen molar-refractivity contribution in [2.24, 2.45) is 0 Å². The zero-order valence-electron chi connectivity index (χ0n) is 18.9. The summed E-state index contributed by atoms with van der Waals surface area (Å²) in [4.78, 5) is 35.1. The van der Waals surface area contributed by atoms with Gasteiger partial charge in [-0.2, -0.15) is 10.5 Å². The van der Waals surface area contributed by atoms with Gasteiger partial charge in [0.2, 0.25) is 0 Å². The van der Waals surface area contributed by atoms with Crippen molar-refractivity contribution < 1.29 is 27.2 Å². The molecule has 186 valence electrons. The van der Waals surface area contributed by atoms with Gasteiger partial charge in [0.05, 0.1) is 11.1 Å². The third-order valence-electron chi connectivity index (χ3n) is 6.53. The van der Waals surface area contributed by atoms with E-state index in [9.17, 15) is 37.7 Å². The lowest BCUT2D eigenvalue weighted by molar-refractivity contribution is 0.0961. The van der Waals surface area contributed by atoms with Gasteiger partial charge in [-0.3, -0.25) is 14.2 Å². The molecule has 8 nitrogen and oxygen atoms in total. The molecule has 2 aromatic heterocycles. The molecule has 2 aliphatic heterocycles. The van der Waals surface area contributed by atoms with Crippen LogP contribution in [0.25, 0.3) is 33.8 Å². The zero-order chi connectivity index (χ0) is 27.3. The lowest BCUT2D eigenvalue weighted by Crippen LogP contribution is -2.09. The van der Waals surface area contributed by atoms with Crippen molar-refractivity contribution in [3.8, 4) is 34.9 Å². The number of carbonyl (C=O) groups excluding carboxylic acids is 2. The first-order valence-electron chi connectivity index (χ1n) is 11.0. The summed E-state index contributed by atoms with van der Waals surface area (Å²) in [6.45, 7) is 0. The van der Waals surface area contributed by atoms with Crippen molar-refractivity contribution in [2.45, 2.75) is 9.79 Å². The Kier molecular flexibility index (Phi) is 4.48. The number of rotatable bonds is 2. The van der Waals surface area contributed by atoms with Gasteiger partial charge in [0.25, 0.3) is 11.8 Å². The molecular formula is C26H6F4N6O2S. The second-order valence-electron chi connectivity index (χ2n) is 8.54. The molecule has 0 unspecified atom stereocenters. The second-order valence-corrected chi connectivity index (χ2v) is 9.69. The van der Waals surface area contributed by atoms with E-state index in [2.05, 4.69) is 9.97 Å². The molecule has 0 N–H and O–H groups in total. The predicted molar refractivity (Wildman–Crippen MR) is 126 cm³/mol. The van der Waals surface area contributed by atoms with Crippen molar-refractivity contribution in [2.75, 3.05) is 0 Å². The summed E-state index contributed by atoms with van der Waals surface area (Å²) in [5, 5.41) is 18.6. The van der Waals surface area contributed by atoms with Gasteiger partial charge in [0.1, 0.15) is 29.0 Å². The number of benzene rings is 3. The quantitative estimate of drug-likeness (QED) is 0.171. The Morgan fingerprint density at radius 1 is 0.692 bits per heavy atom. The highest BCUT2D eigenvalue weighted by Gasteiger charge is 2.36. The molecule has 0 amide bonds. The lowest BCUT2D eigenvalue weighted by Gasteiger charge is -2.06. The summed E-state index contributed by atoms with van der Waals surface area (Å²) in [6.07, 6.45) is 0. The van der Waals surface area contributed by atoms with E-state index in [-0.39, 0.29) is 39.7 Å². The fourth-order valence-electron chi connectivity index (χ4n) is 4.83. The maximum absolute atomic E-state index is 14.5. The maximum Gasteiger partial charge on any atom is 0.265 e. The van der Waals surface area contributed by atoms with E-state index in [1.54, 1.807) is 30.3 Å². The molecule has 5 aromatic rings. The van der Waals surface area contributed by atoms with Crippen LogP contribution in [0.3, 0.4) is 0 Å². The number of hydrogen-bond acceptors (Lipinski definition) is 7. The van der Waals surface area contributed by atoms with Gasteiger partial charge in [-0.25, -0.2) is 32.1 Å². The molecule has 0 saturated heterocycles. The van der Waals surface area contributed by atoms with Crippen molar-refractivity contribution >= 4 is 34.6 Å². The van der Waals surface area contributed by atoms with Gasteiger partial charge in [0.15, 0.2) is 40.5 Å². The molecule has 0 atom stereocenters. The summed E-state index contributed by atoms with van der Waals surface area (Å²) >= 11 is 1.20. The van der Waals surface area contributed by atoms with Crippen LogP contribution in [-0.4, -0.2) is 30.9 Å². The van der Waals surface area contributed by atoms with Gasteiger partial charge < -0.3 is 0 Å². The minimum absolute atomic E-state index is 0.111. The molecule has 4 heterocycles. The molecule has 2 aliphatic rings. The average molecular weight is 542 g/mol. The predicted octanol–water partition coefficient (Wildman–Crippen LogP) is 5.02. The number of nitrogens with zero attached hydrogens (tertiary/aromatic N) is 6. The lowest BCUT2D eigenvalue weighted by atomic mass is 10.1. The first-order valence-corrected chi connectivity index (χ1v) is 11.8. The van der Waals surface area contributed by atoms with E-state index in [4.69, 9.17) is 0 Å². The minimum atomic E-state index is -2.04. The molecule has 0 radical (unpaired) electrons. The van der Waals surface area contributed by atoms with Gasteiger partial charge in [-0.15, -0.1) is 0 Å². The van der Waals surface area contributed by atoms with E-state index in [0.29, 0.717) is 19.9 Å². The van der Waals surface area contributed by atoms with E-state index in [1.165, 1.54) is 23.9 Å². The van der Waals surface area contributed by atoms with Crippen LogP contribution in [-0.2, 0) is 0 Å². The Hall–Kier alpha value is -5.27. The van der Waals surface area contributed by atoms with Crippen LogP contribution in [0.1, 0.15) is 32.1 Å². The van der Waals surface area contributed by atoms with Crippen molar-refractivity contribution in [1.29, 1.82) is 10.5 Å². The Bertz CT molecular complexity index is 2120. The first-order chi connectivity index (χ1) is 18.7. The number of fused-ring (bicyclic) bond motifs is 8. The van der Waals surface area contributed by atoms with Crippen LogP contribution in [0.2, 0.25) is 0 Å². The van der Waals surface area contributed by atoms with Crippen LogP contribution >= 0.6 is 11.8 Å². The Morgan fingerprint density at radius 2 is 1.31 bits per heavy atom. The summed E-state index contributed by atoms with van der Waals surface area (Å²) in [7, 11) is 0. The van der Waals surface area contributed by atoms with E-state index < -0.39 is 46.1 Å². The number of imidazole rings is 2. The summed E-state index contributed by atoms with van der Waals surface area (Å²) in [5.74, 6) is -8.73. The maximum atomic E-state index is 14.5. The molecule has 3 aromatic carbocycles. The number of carbonyl (C=O) groups is 2. The normalized spacial score (nSPS) is 12.8. The fourth-order valence-corrected chi connectivity index (χ4v) is 5.73. The van der Waals surface area contributed by atoms with Crippen LogP contribution in [0, 0.1) is 45.9 Å². The molecule has 0 bridgehead atoms. The number of halogens is 4. The summed E-state index contributed by atoms with van der Waals surface area (Å²) < 4.78 is 58.3. The fraction of sp³-hybridized carbons (Fsp3) is 0. The highest BCUT2D eigenvalue weighted by molar-refractivity contribution is 7.99. The van der Waals surface area contributed by atoms with E-state index in [1.807, 2.05) is 6.07 Å². The summed E-state index contributed by atoms with van der Waals surface area (Å²) in [6, 6.07) is 13.1. The van der Waals surface area contributed by atoms with Crippen LogP contribution in [0.5, 0.6) is 0 Å². The third kappa shape index (κ3) is 2.82. The van der Waals surface area contributed by atoms with Gasteiger partial charge in [0, 0.05) is 20.9 Å². The van der Waals surface area contributed by atoms with Crippen molar-refractivity contribution in [3.05, 3.63) is 82.2 Å². The second kappa shape index (κ2) is 7.63. The number of nitriles is 2. The monoisotopic (exact) mass is 542 g/mol. The largest absolute Gasteiger partial charge is 0.268 e. The molecule has 13 heteroatoms. The Labute approximate surface area is 218 Å². The number of aromatic nitrogens is 4. The van der Waals surface area contributed by atoms with Crippen LogP contribution in [0.4, 0.5) is 17.6 Å². The Morgan fingerprint density at radius 3 is 2.00 bits per heavy atom.